The Morgan fingerprint density at radius 1 is 1.11 bits per heavy atom. The molecule has 6 nitrogen and oxygen atoms in total. The van der Waals surface area contributed by atoms with E-state index in [0.717, 1.165) is 50.2 Å². The number of aromatic nitrogens is 2. The molecule has 1 aromatic heterocycles. The first-order chi connectivity index (χ1) is 13.0. The van der Waals surface area contributed by atoms with Crippen LogP contribution in [0, 0.1) is 11.6 Å². The van der Waals surface area contributed by atoms with E-state index in [4.69, 9.17) is 0 Å². The lowest BCUT2D eigenvalue weighted by molar-refractivity contribution is 0.0926. The molecule has 1 heterocycles. The molecule has 1 amide bonds. The largest absolute Gasteiger partial charge is 0.367 e. The van der Waals surface area contributed by atoms with E-state index in [0.29, 0.717) is 5.95 Å². The number of hydrogen-bond acceptors (Lipinski definition) is 5. The quantitative estimate of drug-likeness (QED) is 0.722. The molecule has 27 heavy (non-hydrogen) atoms. The predicted octanol–water partition coefficient (Wildman–Crippen LogP) is 3.34. The van der Waals surface area contributed by atoms with Crippen LogP contribution >= 0.6 is 0 Å². The van der Waals surface area contributed by atoms with E-state index in [1.165, 1.54) is 6.07 Å². The van der Waals surface area contributed by atoms with Gasteiger partial charge in [0.05, 0.1) is 0 Å². The Morgan fingerprint density at radius 2 is 1.85 bits per heavy atom. The summed E-state index contributed by atoms with van der Waals surface area (Å²) >= 11 is 0. The molecule has 1 saturated carbocycles. The lowest BCUT2D eigenvalue weighted by Gasteiger charge is -2.30. The molecule has 0 unspecified atom stereocenters. The van der Waals surface area contributed by atoms with Crippen LogP contribution < -0.4 is 16.0 Å². The summed E-state index contributed by atoms with van der Waals surface area (Å²) in [6.45, 7) is 2.74. The Morgan fingerprint density at radius 3 is 2.56 bits per heavy atom. The van der Waals surface area contributed by atoms with E-state index in [1.807, 2.05) is 13.0 Å². The summed E-state index contributed by atoms with van der Waals surface area (Å²) in [4.78, 5) is 20.8. The molecule has 144 valence electrons. The van der Waals surface area contributed by atoms with Gasteiger partial charge in [-0.05, 0) is 56.9 Å². The molecule has 8 heteroatoms. The Kier molecular flexibility index (Phi) is 6.16. The van der Waals surface area contributed by atoms with Gasteiger partial charge in [-0.3, -0.25) is 4.79 Å². The summed E-state index contributed by atoms with van der Waals surface area (Å²) in [7, 11) is 0. The second-order valence-electron chi connectivity index (χ2n) is 6.59. The first-order valence-corrected chi connectivity index (χ1v) is 9.14. The normalized spacial score (nSPS) is 19.4. The molecule has 0 saturated heterocycles. The number of nitrogens with one attached hydrogen (secondary N) is 3. The Hall–Kier alpha value is -2.77. The third-order valence-electron chi connectivity index (χ3n) is 4.59. The van der Waals surface area contributed by atoms with E-state index in [1.54, 1.807) is 6.20 Å². The van der Waals surface area contributed by atoms with E-state index < -0.39 is 11.6 Å². The number of benzene rings is 1. The Balaban J connectivity index is 1.49. The monoisotopic (exact) mass is 375 g/mol. The van der Waals surface area contributed by atoms with Gasteiger partial charge < -0.3 is 16.0 Å². The number of nitrogens with zero attached hydrogens (tertiary/aromatic N) is 2. The Labute approximate surface area is 156 Å². The average molecular weight is 375 g/mol. The van der Waals surface area contributed by atoms with Crippen molar-refractivity contribution in [1.29, 1.82) is 0 Å². The van der Waals surface area contributed by atoms with Crippen molar-refractivity contribution in [2.45, 2.75) is 44.7 Å². The summed E-state index contributed by atoms with van der Waals surface area (Å²) < 4.78 is 26.3. The fourth-order valence-electron chi connectivity index (χ4n) is 3.18. The van der Waals surface area contributed by atoms with Crippen molar-refractivity contribution in [3.63, 3.8) is 0 Å². The molecule has 0 bridgehead atoms. The van der Waals surface area contributed by atoms with Gasteiger partial charge in [-0.2, -0.15) is 4.98 Å². The highest BCUT2D eigenvalue weighted by Crippen LogP contribution is 2.22. The Bertz CT molecular complexity index is 793. The zero-order valence-electron chi connectivity index (χ0n) is 15.1. The number of halogens is 2. The standard InChI is InChI=1S/C19H23F2N5O/c1-2-22-19-23-10-9-17(26-19)24-13-4-6-14(7-5-13)25-18(27)12-3-8-15(20)16(21)11-12/h3,8-11,13-14H,2,4-7H2,1H3,(H,25,27)(H2,22,23,24,26). The van der Waals surface area contributed by atoms with Crippen LogP contribution in [-0.2, 0) is 0 Å². The summed E-state index contributed by atoms with van der Waals surface area (Å²) in [5.74, 6) is -0.987. The fraction of sp³-hybridized carbons (Fsp3) is 0.421. The van der Waals surface area contributed by atoms with Gasteiger partial charge in [-0.1, -0.05) is 0 Å². The van der Waals surface area contributed by atoms with Gasteiger partial charge in [0, 0.05) is 30.4 Å². The molecule has 3 rings (SSSR count). The lowest BCUT2D eigenvalue weighted by atomic mass is 9.91. The van der Waals surface area contributed by atoms with Gasteiger partial charge in [0.1, 0.15) is 5.82 Å². The van der Waals surface area contributed by atoms with Gasteiger partial charge >= 0.3 is 0 Å². The van der Waals surface area contributed by atoms with Gasteiger partial charge in [0.15, 0.2) is 11.6 Å². The fourth-order valence-corrected chi connectivity index (χ4v) is 3.18. The third-order valence-corrected chi connectivity index (χ3v) is 4.59. The first-order valence-electron chi connectivity index (χ1n) is 9.14. The highest BCUT2D eigenvalue weighted by molar-refractivity contribution is 5.94. The van der Waals surface area contributed by atoms with Crippen molar-refractivity contribution in [2.75, 3.05) is 17.2 Å². The maximum absolute atomic E-state index is 13.3. The summed E-state index contributed by atoms with van der Waals surface area (Å²) in [6, 6.07) is 5.30. The second kappa shape index (κ2) is 8.75. The molecule has 0 radical (unpaired) electrons. The maximum Gasteiger partial charge on any atom is 0.251 e. The summed E-state index contributed by atoms with van der Waals surface area (Å²) in [5.41, 5.74) is 0.131. The predicted molar refractivity (Wildman–Crippen MR) is 99.7 cm³/mol. The number of carbonyl (C=O) groups is 1. The first kappa shape index (κ1) is 19.0. The van der Waals surface area contributed by atoms with Crippen molar-refractivity contribution in [2.24, 2.45) is 0 Å². The minimum Gasteiger partial charge on any atom is -0.367 e. The van der Waals surface area contributed by atoms with Gasteiger partial charge in [-0.15, -0.1) is 0 Å². The molecular formula is C19H23F2N5O. The van der Waals surface area contributed by atoms with Crippen molar-refractivity contribution in [3.05, 3.63) is 47.7 Å². The van der Waals surface area contributed by atoms with Crippen LogP contribution in [0.1, 0.15) is 43.0 Å². The van der Waals surface area contributed by atoms with Crippen LogP contribution in [0.5, 0.6) is 0 Å². The van der Waals surface area contributed by atoms with Crippen LogP contribution in [0.15, 0.2) is 30.5 Å². The molecule has 1 aliphatic rings. The SMILES string of the molecule is CCNc1nccc(NC2CCC(NC(=O)c3ccc(F)c(F)c3)CC2)n1. The molecule has 1 aromatic carbocycles. The van der Waals surface area contributed by atoms with Crippen LogP contribution in [-0.4, -0.2) is 34.5 Å². The van der Waals surface area contributed by atoms with E-state index in [2.05, 4.69) is 25.9 Å². The average Bonchev–Trinajstić information content (AvgIpc) is 2.66. The molecular weight excluding hydrogens is 352 g/mol. The van der Waals surface area contributed by atoms with Crippen LogP contribution in [0.3, 0.4) is 0 Å². The van der Waals surface area contributed by atoms with Crippen molar-refractivity contribution in [3.8, 4) is 0 Å². The van der Waals surface area contributed by atoms with Crippen molar-refractivity contribution in [1.82, 2.24) is 15.3 Å². The highest BCUT2D eigenvalue weighted by Gasteiger charge is 2.23. The molecule has 1 aliphatic carbocycles. The second-order valence-corrected chi connectivity index (χ2v) is 6.59. The smallest absolute Gasteiger partial charge is 0.251 e. The zero-order chi connectivity index (χ0) is 19.2. The van der Waals surface area contributed by atoms with Crippen molar-refractivity contribution < 1.29 is 13.6 Å². The maximum atomic E-state index is 13.3. The number of rotatable bonds is 6. The topological polar surface area (TPSA) is 78.9 Å². The minimum absolute atomic E-state index is 0.0198. The minimum atomic E-state index is -1.02. The summed E-state index contributed by atoms with van der Waals surface area (Å²) in [5, 5.41) is 9.38. The van der Waals surface area contributed by atoms with E-state index in [-0.39, 0.29) is 23.6 Å². The molecule has 3 N–H and O–H groups in total. The zero-order valence-corrected chi connectivity index (χ0v) is 15.1. The van der Waals surface area contributed by atoms with Crippen LogP contribution in [0.25, 0.3) is 0 Å². The van der Waals surface area contributed by atoms with Gasteiger partial charge in [0.25, 0.3) is 5.91 Å². The third kappa shape index (κ3) is 5.12. The van der Waals surface area contributed by atoms with E-state index in [9.17, 15) is 13.6 Å². The molecule has 1 fully saturated rings. The number of amides is 1. The lowest BCUT2D eigenvalue weighted by Crippen LogP contribution is -2.40. The van der Waals surface area contributed by atoms with Gasteiger partial charge in [-0.25, -0.2) is 13.8 Å². The molecule has 0 aliphatic heterocycles. The van der Waals surface area contributed by atoms with Crippen LogP contribution in [0.2, 0.25) is 0 Å². The summed E-state index contributed by atoms with van der Waals surface area (Å²) in [6.07, 6.45) is 5.07. The number of hydrogen-bond donors (Lipinski definition) is 3. The highest BCUT2D eigenvalue weighted by atomic mass is 19.2. The van der Waals surface area contributed by atoms with Gasteiger partial charge in [0.2, 0.25) is 5.95 Å². The van der Waals surface area contributed by atoms with Crippen LogP contribution in [0.4, 0.5) is 20.5 Å². The molecule has 0 atom stereocenters. The number of carbonyl (C=O) groups excluding carboxylic acids is 1. The molecule has 2 aromatic rings. The van der Waals surface area contributed by atoms with E-state index >= 15 is 0 Å². The molecule has 0 spiro atoms. The van der Waals surface area contributed by atoms with Crippen molar-refractivity contribution >= 4 is 17.7 Å². The number of anilines is 2.